The lowest BCUT2D eigenvalue weighted by Gasteiger charge is -2.22. The number of benzene rings is 1. The smallest absolute Gasteiger partial charge is 0.261 e. The molecule has 0 saturated carbocycles. The zero-order valence-electron chi connectivity index (χ0n) is 10.9. The van der Waals surface area contributed by atoms with E-state index in [1.807, 2.05) is 11.8 Å². The van der Waals surface area contributed by atoms with Gasteiger partial charge in [0.25, 0.3) is 11.8 Å². The molecule has 0 spiro atoms. The number of hydrogen-bond acceptors (Lipinski definition) is 3. The number of nitrogens with zero attached hydrogens (tertiary/aromatic N) is 2. The Kier molecular flexibility index (Phi) is 4.27. The SMILES string of the molecule is CCN(CCF)CCN1C(=O)c2ccccc2C1=O. The van der Waals surface area contributed by atoms with Crippen LogP contribution in [0.25, 0.3) is 0 Å². The summed E-state index contributed by atoms with van der Waals surface area (Å²) in [4.78, 5) is 27.3. The average molecular weight is 264 g/mol. The number of likely N-dealkylation sites (N-methyl/N-ethyl adjacent to an activating group) is 1. The molecule has 0 saturated heterocycles. The number of imide groups is 1. The zero-order chi connectivity index (χ0) is 13.8. The van der Waals surface area contributed by atoms with Gasteiger partial charge in [-0.15, -0.1) is 0 Å². The average Bonchev–Trinajstić information content (AvgIpc) is 2.68. The van der Waals surface area contributed by atoms with Gasteiger partial charge in [-0.3, -0.25) is 19.4 Å². The highest BCUT2D eigenvalue weighted by molar-refractivity contribution is 6.21. The first-order valence-electron chi connectivity index (χ1n) is 6.42. The van der Waals surface area contributed by atoms with Gasteiger partial charge in [-0.05, 0) is 18.7 Å². The summed E-state index contributed by atoms with van der Waals surface area (Å²) in [6.07, 6.45) is 0. The molecule has 1 aromatic carbocycles. The van der Waals surface area contributed by atoms with Crippen molar-refractivity contribution in [2.75, 3.05) is 32.9 Å². The van der Waals surface area contributed by atoms with Crippen LogP contribution in [0.2, 0.25) is 0 Å². The van der Waals surface area contributed by atoms with Crippen molar-refractivity contribution in [3.63, 3.8) is 0 Å². The Morgan fingerprint density at radius 2 is 1.68 bits per heavy atom. The Labute approximate surface area is 111 Å². The molecule has 0 fully saturated rings. The Hall–Kier alpha value is -1.75. The Bertz CT molecular complexity index is 455. The van der Waals surface area contributed by atoms with Gasteiger partial charge in [0, 0.05) is 19.6 Å². The largest absolute Gasteiger partial charge is 0.299 e. The summed E-state index contributed by atoms with van der Waals surface area (Å²) in [7, 11) is 0. The molecule has 4 nitrogen and oxygen atoms in total. The zero-order valence-corrected chi connectivity index (χ0v) is 10.9. The van der Waals surface area contributed by atoms with Gasteiger partial charge < -0.3 is 0 Å². The predicted molar refractivity (Wildman–Crippen MR) is 69.9 cm³/mol. The highest BCUT2D eigenvalue weighted by atomic mass is 19.1. The Morgan fingerprint density at radius 1 is 1.11 bits per heavy atom. The fourth-order valence-electron chi connectivity index (χ4n) is 2.23. The molecule has 5 heteroatoms. The van der Waals surface area contributed by atoms with Gasteiger partial charge in [-0.2, -0.15) is 0 Å². The van der Waals surface area contributed by atoms with Crippen LogP contribution < -0.4 is 0 Å². The molecule has 0 aromatic heterocycles. The fourth-order valence-corrected chi connectivity index (χ4v) is 2.23. The van der Waals surface area contributed by atoms with Crippen molar-refractivity contribution in [3.8, 4) is 0 Å². The summed E-state index contributed by atoms with van der Waals surface area (Å²) in [5.74, 6) is -0.506. The molecule has 1 aromatic rings. The van der Waals surface area contributed by atoms with E-state index in [0.717, 1.165) is 0 Å². The van der Waals surface area contributed by atoms with E-state index in [1.165, 1.54) is 4.90 Å². The lowest BCUT2D eigenvalue weighted by atomic mass is 10.1. The monoisotopic (exact) mass is 264 g/mol. The van der Waals surface area contributed by atoms with Crippen molar-refractivity contribution in [1.29, 1.82) is 0 Å². The van der Waals surface area contributed by atoms with Crippen molar-refractivity contribution in [3.05, 3.63) is 35.4 Å². The molecule has 2 rings (SSSR count). The van der Waals surface area contributed by atoms with Gasteiger partial charge in [0.1, 0.15) is 6.67 Å². The predicted octanol–water partition coefficient (Wildman–Crippen LogP) is 1.57. The van der Waals surface area contributed by atoms with Crippen LogP contribution in [0.15, 0.2) is 24.3 Å². The van der Waals surface area contributed by atoms with E-state index in [2.05, 4.69) is 0 Å². The van der Waals surface area contributed by atoms with Crippen LogP contribution in [0, 0.1) is 0 Å². The van der Waals surface area contributed by atoms with Gasteiger partial charge in [0.05, 0.1) is 11.1 Å². The van der Waals surface area contributed by atoms with Crippen molar-refractivity contribution in [2.24, 2.45) is 0 Å². The second kappa shape index (κ2) is 5.93. The number of hydrogen-bond donors (Lipinski definition) is 0. The summed E-state index contributed by atoms with van der Waals surface area (Å²) in [6.45, 7) is 3.35. The van der Waals surface area contributed by atoms with E-state index in [1.54, 1.807) is 24.3 Å². The van der Waals surface area contributed by atoms with Gasteiger partial charge in [0.15, 0.2) is 0 Å². The molecule has 1 heterocycles. The molecule has 0 atom stereocenters. The molecule has 0 aliphatic carbocycles. The molecule has 0 bridgehead atoms. The van der Waals surface area contributed by atoms with Crippen LogP contribution in [0.4, 0.5) is 4.39 Å². The molecule has 2 amide bonds. The minimum atomic E-state index is -0.421. The lowest BCUT2D eigenvalue weighted by Crippen LogP contribution is -2.39. The van der Waals surface area contributed by atoms with Crippen LogP contribution in [-0.4, -0.2) is 54.5 Å². The highest BCUT2D eigenvalue weighted by Crippen LogP contribution is 2.21. The number of halogens is 1. The van der Waals surface area contributed by atoms with E-state index in [-0.39, 0.29) is 11.8 Å². The summed E-state index contributed by atoms with van der Waals surface area (Å²) in [5, 5.41) is 0. The van der Waals surface area contributed by atoms with Crippen LogP contribution >= 0.6 is 0 Å². The second-order valence-electron chi connectivity index (χ2n) is 4.43. The molecule has 0 unspecified atom stereocenters. The van der Waals surface area contributed by atoms with Crippen molar-refractivity contribution in [1.82, 2.24) is 9.80 Å². The Balaban J connectivity index is 2.04. The Morgan fingerprint density at radius 3 is 2.16 bits per heavy atom. The number of alkyl halides is 1. The van der Waals surface area contributed by atoms with E-state index < -0.39 is 6.67 Å². The molecular formula is C14H17FN2O2. The van der Waals surface area contributed by atoms with Crippen LogP contribution in [0.3, 0.4) is 0 Å². The highest BCUT2D eigenvalue weighted by Gasteiger charge is 2.34. The first kappa shape index (κ1) is 13.7. The maximum atomic E-state index is 12.3. The van der Waals surface area contributed by atoms with Crippen LogP contribution in [0.1, 0.15) is 27.6 Å². The van der Waals surface area contributed by atoms with Gasteiger partial charge in [-0.25, -0.2) is 4.39 Å². The van der Waals surface area contributed by atoms with Crippen molar-refractivity contribution >= 4 is 11.8 Å². The number of carbonyl (C=O) groups excluding carboxylic acids is 2. The molecule has 1 aliphatic heterocycles. The van der Waals surface area contributed by atoms with Gasteiger partial charge >= 0.3 is 0 Å². The summed E-state index contributed by atoms with van der Waals surface area (Å²) in [5.41, 5.74) is 0.919. The summed E-state index contributed by atoms with van der Waals surface area (Å²) >= 11 is 0. The molecular weight excluding hydrogens is 247 g/mol. The van der Waals surface area contributed by atoms with Crippen molar-refractivity contribution in [2.45, 2.75) is 6.92 Å². The number of fused-ring (bicyclic) bond motifs is 1. The standard InChI is InChI=1S/C14H17FN2O2/c1-2-16(8-7-15)9-10-17-13(18)11-5-3-4-6-12(11)14(17)19/h3-6H,2,7-10H2,1H3. The lowest BCUT2D eigenvalue weighted by molar-refractivity contribution is 0.0636. The van der Waals surface area contributed by atoms with Crippen LogP contribution in [-0.2, 0) is 0 Å². The van der Waals surface area contributed by atoms with E-state index in [0.29, 0.717) is 37.3 Å². The minimum absolute atomic E-state index is 0.253. The first-order chi connectivity index (χ1) is 9.19. The normalized spacial score (nSPS) is 14.4. The number of carbonyl (C=O) groups is 2. The summed E-state index contributed by atoms with van der Waals surface area (Å²) in [6, 6.07) is 6.81. The third-order valence-corrected chi connectivity index (χ3v) is 3.37. The van der Waals surface area contributed by atoms with Crippen molar-refractivity contribution < 1.29 is 14.0 Å². The number of amides is 2. The second-order valence-corrected chi connectivity index (χ2v) is 4.43. The van der Waals surface area contributed by atoms with Gasteiger partial charge in [-0.1, -0.05) is 19.1 Å². The minimum Gasteiger partial charge on any atom is -0.299 e. The van der Waals surface area contributed by atoms with E-state index in [4.69, 9.17) is 0 Å². The number of rotatable bonds is 6. The quantitative estimate of drug-likeness (QED) is 0.732. The molecule has 19 heavy (non-hydrogen) atoms. The van der Waals surface area contributed by atoms with Crippen LogP contribution in [0.5, 0.6) is 0 Å². The first-order valence-corrected chi connectivity index (χ1v) is 6.42. The molecule has 0 N–H and O–H groups in total. The maximum Gasteiger partial charge on any atom is 0.261 e. The third kappa shape index (κ3) is 2.66. The molecule has 1 aliphatic rings. The third-order valence-electron chi connectivity index (χ3n) is 3.37. The topological polar surface area (TPSA) is 40.6 Å². The van der Waals surface area contributed by atoms with E-state index in [9.17, 15) is 14.0 Å². The fraction of sp³-hybridized carbons (Fsp3) is 0.429. The molecule has 102 valence electrons. The summed E-state index contributed by atoms with van der Waals surface area (Å²) < 4.78 is 12.3. The van der Waals surface area contributed by atoms with E-state index >= 15 is 0 Å². The van der Waals surface area contributed by atoms with Gasteiger partial charge in [0.2, 0.25) is 0 Å². The maximum absolute atomic E-state index is 12.3. The molecule has 0 radical (unpaired) electrons.